The Morgan fingerprint density at radius 1 is 1.56 bits per heavy atom. The number of hydrogen-bond donors (Lipinski definition) is 1. The summed E-state index contributed by atoms with van der Waals surface area (Å²) in [5, 5.41) is 9.19. The van der Waals surface area contributed by atoms with Crippen LogP contribution in [0.15, 0.2) is 11.6 Å². The maximum Gasteiger partial charge on any atom is 0.0744 e. The summed E-state index contributed by atoms with van der Waals surface area (Å²) in [5.74, 6) is 0. The largest absolute Gasteiger partial charge is 0.389 e. The standard InChI is InChI=1S/C8H16O/c1-4-6-7(3)8(9)5-2/h6,8-9H,4-5H2,1-3H3/b7-6-/t8-/m0/s1. The molecule has 0 rings (SSSR count). The Hall–Kier alpha value is -0.300. The topological polar surface area (TPSA) is 20.2 Å². The molecule has 0 aromatic heterocycles. The zero-order chi connectivity index (χ0) is 7.28. The Bertz CT molecular complexity index is 94.7. The van der Waals surface area contributed by atoms with Crippen LogP contribution in [-0.4, -0.2) is 11.2 Å². The quantitative estimate of drug-likeness (QED) is 0.577. The fourth-order valence-electron chi connectivity index (χ4n) is 0.780. The van der Waals surface area contributed by atoms with Crippen LogP contribution in [0, 0.1) is 0 Å². The van der Waals surface area contributed by atoms with Crippen LogP contribution in [-0.2, 0) is 0 Å². The first-order valence-electron chi connectivity index (χ1n) is 3.57. The van der Waals surface area contributed by atoms with Gasteiger partial charge in [0.2, 0.25) is 0 Å². The Morgan fingerprint density at radius 2 is 2.11 bits per heavy atom. The molecule has 0 aromatic rings. The fraction of sp³-hybridized carbons (Fsp3) is 0.750. The van der Waals surface area contributed by atoms with Gasteiger partial charge in [-0.2, -0.15) is 0 Å². The van der Waals surface area contributed by atoms with Gasteiger partial charge in [0.05, 0.1) is 6.10 Å². The van der Waals surface area contributed by atoms with Gasteiger partial charge >= 0.3 is 0 Å². The highest BCUT2D eigenvalue weighted by Crippen LogP contribution is 2.04. The van der Waals surface area contributed by atoms with E-state index in [2.05, 4.69) is 13.0 Å². The zero-order valence-corrected chi connectivity index (χ0v) is 6.52. The molecule has 0 saturated carbocycles. The molecule has 0 fully saturated rings. The molecule has 1 atom stereocenters. The molecule has 0 unspecified atom stereocenters. The number of aliphatic hydroxyl groups is 1. The van der Waals surface area contributed by atoms with Gasteiger partial charge in [0.1, 0.15) is 0 Å². The van der Waals surface area contributed by atoms with Crippen molar-refractivity contribution in [1.29, 1.82) is 0 Å². The molecule has 9 heavy (non-hydrogen) atoms. The van der Waals surface area contributed by atoms with Crippen molar-refractivity contribution >= 4 is 0 Å². The second-order valence-corrected chi connectivity index (χ2v) is 2.28. The maximum absolute atomic E-state index is 9.19. The monoisotopic (exact) mass is 128 g/mol. The number of aliphatic hydroxyl groups excluding tert-OH is 1. The third-order valence-corrected chi connectivity index (χ3v) is 1.44. The van der Waals surface area contributed by atoms with Gasteiger partial charge in [-0.25, -0.2) is 0 Å². The minimum absolute atomic E-state index is 0.218. The lowest BCUT2D eigenvalue weighted by atomic mass is 10.1. The van der Waals surface area contributed by atoms with Crippen molar-refractivity contribution in [1.82, 2.24) is 0 Å². The second kappa shape index (κ2) is 4.57. The molecule has 0 aliphatic carbocycles. The van der Waals surface area contributed by atoms with Crippen LogP contribution in [0.25, 0.3) is 0 Å². The highest BCUT2D eigenvalue weighted by atomic mass is 16.3. The summed E-state index contributed by atoms with van der Waals surface area (Å²) in [6.07, 6.45) is 3.68. The molecule has 1 N–H and O–H groups in total. The first-order chi connectivity index (χ1) is 4.22. The molecule has 0 amide bonds. The van der Waals surface area contributed by atoms with Crippen LogP contribution in [0.2, 0.25) is 0 Å². The highest BCUT2D eigenvalue weighted by Gasteiger charge is 1.99. The van der Waals surface area contributed by atoms with Gasteiger partial charge in [-0.05, 0) is 25.3 Å². The molecule has 0 bridgehead atoms. The molecule has 1 heteroatoms. The summed E-state index contributed by atoms with van der Waals surface area (Å²) in [6, 6.07) is 0. The molecule has 1 nitrogen and oxygen atoms in total. The summed E-state index contributed by atoms with van der Waals surface area (Å²) < 4.78 is 0. The molecular weight excluding hydrogens is 112 g/mol. The van der Waals surface area contributed by atoms with Crippen LogP contribution in [0.3, 0.4) is 0 Å². The average Bonchev–Trinajstić information content (AvgIpc) is 1.87. The second-order valence-electron chi connectivity index (χ2n) is 2.28. The van der Waals surface area contributed by atoms with E-state index in [1.54, 1.807) is 0 Å². The van der Waals surface area contributed by atoms with E-state index < -0.39 is 0 Å². The van der Waals surface area contributed by atoms with E-state index in [4.69, 9.17) is 0 Å². The van der Waals surface area contributed by atoms with E-state index in [0.717, 1.165) is 18.4 Å². The Morgan fingerprint density at radius 3 is 2.44 bits per heavy atom. The third-order valence-electron chi connectivity index (χ3n) is 1.44. The molecule has 0 heterocycles. The first-order valence-corrected chi connectivity index (χ1v) is 3.57. The Kier molecular flexibility index (Phi) is 4.41. The van der Waals surface area contributed by atoms with E-state index in [0.29, 0.717) is 0 Å². The molecular formula is C8H16O. The van der Waals surface area contributed by atoms with Crippen LogP contribution >= 0.6 is 0 Å². The maximum atomic E-state index is 9.19. The van der Waals surface area contributed by atoms with Crippen molar-refractivity contribution in [2.45, 2.75) is 39.7 Å². The van der Waals surface area contributed by atoms with Crippen molar-refractivity contribution < 1.29 is 5.11 Å². The van der Waals surface area contributed by atoms with Gasteiger partial charge in [0.15, 0.2) is 0 Å². The van der Waals surface area contributed by atoms with Gasteiger partial charge < -0.3 is 5.11 Å². The molecule has 0 spiro atoms. The van der Waals surface area contributed by atoms with Crippen LogP contribution in [0.5, 0.6) is 0 Å². The summed E-state index contributed by atoms with van der Waals surface area (Å²) >= 11 is 0. The van der Waals surface area contributed by atoms with Crippen molar-refractivity contribution in [3.05, 3.63) is 11.6 Å². The first kappa shape index (κ1) is 8.70. The number of allylic oxidation sites excluding steroid dienone is 1. The molecule has 54 valence electrons. The van der Waals surface area contributed by atoms with Gasteiger partial charge in [0, 0.05) is 0 Å². The highest BCUT2D eigenvalue weighted by molar-refractivity contribution is 5.03. The predicted octanol–water partition coefficient (Wildman–Crippen LogP) is 2.11. The smallest absolute Gasteiger partial charge is 0.0744 e. The van der Waals surface area contributed by atoms with Gasteiger partial charge in [-0.15, -0.1) is 0 Å². The summed E-state index contributed by atoms with van der Waals surface area (Å²) in [5.41, 5.74) is 1.10. The van der Waals surface area contributed by atoms with Gasteiger partial charge in [-0.1, -0.05) is 19.9 Å². The number of hydrogen-bond acceptors (Lipinski definition) is 1. The third kappa shape index (κ3) is 3.31. The van der Waals surface area contributed by atoms with E-state index in [-0.39, 0.29) is 6.10 Å². The van der Waals surface area contributed by atoms with Crippen LogP contribution in [0.1, 0.15) is 33.6 Å². The van der Waals surface area contributed by atoms with E-state index in [9.17, 15) is 5.11 Å². The van der Waals surface area contributed by atoms with Crippen LogP contribution in [0.4, 0.5) is 0 Å². The van der Waals surface area contributed by atoms with E-state index >= 15 is 0 Å². The van der Waals surface area contributed by atoms with Crippen molar-refractivity contribution in [2.75, 3.05) is 0 Å². The SMILES string of the molecule is CC/C=C(/C)[C@@H](O)CC. The fourth-order valence-corrected chi connectivity index (χ4v) is 0.780. The molecule has 0 aromatic carbocycles. The lowest BCUT2D eigenvalue weighted by Gasteiger charge is -2.06. The lowest BCUT2D eigenvalue weighted by molar-refractivity contribution is 0.206. The molecule has 0 radical (unpaired) electrons. The lowest BCUT2D eigenvalue weighted by Crippen LogP contribution is -2.05. The zero-order valence-electron chi connectivity index (χ0n) is 6.52. The van der Waals surface area contributed by atoms with Crippen molar-refractivity contribution in [3.63, 3.8) is 0 Å². The number of rotatable bonds is 3. The Labute approximate surface area is 57.4 Å². The minimum atomic E-state index is -0.218. The van der Waals surface area contributed by atoms with Crippen molar-refractivity contribution in [3.8, 4) is 0 Å². The minimum Gasteiger partial charge on any atom is -0.389 e. The molecule has 0 aliphatic rings. The average molecular weight is 128 g/mol. The summed E-state index contributed by atoms with van der Waals surface area (Å²) in [7, 11) is 0. The normalized spacial score (nSPS) is 15.8. The van der Waals surface area contributed by atoms with E-state index in [1.165, 1.54) is 0 Å². The predicted molar refractivity (Wildman–Crippen MR) is 40.3 cm³/mol. The van der Waals surface area contributed by atoms with E-state index in [1.807, 2.05) is 13.8 Å². The van der Waals surface area contributed by atoms with Gasteiger partial charge in [-0.3, -0.25) is 0 Å². The molecule has 0 saturated heterocycles. The Balaban J connectivity index is 3.70. The summed E-state index contributed by atoms with van der Waals surface area (Å²) in [6.45, 7) is 6.03. The summed E-state index contributed by atoms with van der Waals surface area (Å²) in [4.78, 5) is 0. The van der Waals surface area contributed by atoms with Crippen molar-refractivity contribution in [2.24, 2.45) is 0 Å². The van der Waals surface area contributed by atoms with Crippen LogP contribution < -0.4 is 0 Å². The van der Waals surface area contributed by atoms with Gasteiger partial charge in [0.25, 0.3) is 0 Å². The molecule has 0 aliphatic heterocycles.